The van der Waals surface area contributed by atoms with Crippen molar-refractivity contribution in [3.8, 4) is 5.69 Å². The van der Waals surface area contributed by atoms with Crippen LogP contribution in [0.25, 0.3) is 5.69 Å². The van der Waals surface area contributed by atoms with E-state index in [-0.39, 0.29) is 19.2 Å². The van der Waals surface area contributed by atoms with Crippen LogP contribution in [-0.4, -0.2) is 64.1 Å². The summed E-state index contributed by atoms with van der Waals surface area (Å²) in [5, 5.41) is 29.6. The Bertz CT molecular complexity index is 1740. The number of hydroxylamine groups is 1. The molecule has 2 aromatic heterocycles. The molecule has 0 unspecified atom stereocenters. The minimum absolute atomic E-state index is 0.0952. The second kappa shape index (κ2) is 10.5. The number of aromatic nitrogens is 6. The van der Waals surface area contributed by atoms with Gasteiger partial charge in [0.2, 0.25) is 0 Å². The molecule has 0 radical (unpaired) electrons. The van der Waals surface area contributed by atoms with Crippen molar-refractivity contribution in [2.75, 3.05) is 6.61 Å². The van der Waals surface area contributed by atoms with Gasteiger partial charge in [-0.2, -0.15) is 0 Å². The van der Waals surface area contributed by atoms with Crippen LogP contribution in [0.3, 0.4) is 0 Å². The molecule has 6 atom stereocenters. The number of epoxide rings is 1. The number of nitrogens with one attached hydrogen (secondary N) is 1. The third-order valence-electron chi connectivity index (χ3n) is 8.29. The third-order valence-corrected chi connectivity index (χ3v) is 8.29. The minimum atomic E-state index is -0.997. The second-order valence-corrected chi connectivity index (χ2v) is 10.9. The van der Waals surface area contributed by atoms with E-state index in [9.17, 15) is 19.8 Å². The molecule has 2 aromatic carbocycles. The van der Waals surface area contributed by atoms with Crippen LogP contribution in [0.1, 0.15) is 42.8 Å². The van der Waals surface area contributed by atoms with E-state index in [1.54, 1.807) is 35.1 Å². The molecule has 42 heavy (non-hydrogen) atoms. The molecule has 1 fully saturated rings. The Morgan fingerprint density at radius 2 is 1.83 bits per heavy atom. The fourth-order valence-electron chi connectivity index (χ4n) is 6.03. The molecule has 0 spiro atoms. The summed E-state index contributed by atoms with van der Waals surface area (Å²) in [7, 11) is 0. The Kier molecular flexibility index (Phi) is 6.66. The molecular weight excluding hydrogens is 542 g/mol. The van der Waals surface area contributed by atoms with Gasteiger partial charge in [0.05, 0.1) is 30.2 Å². The molecule has 0 amide bonds. The highest BCUT2D eigenvalue weighted by molar-refractivity contribution is 5.35. The molecule has 0 saturated carbocycles. The fourth-order valence-corrected chi connectivity index (χ4v) is 6.03. The lowest BCUT2D eigenvalue weighted by atomic mass is 9.86. The number of aliphatic hydroxyl groups is 2. The minimum Gasteiger partial charge on any atom is -0.394 e. The van der Waals surface area contributed by atoms with Crippen molar-refractivity contribution < 1.29 is 19.8 Å². The number of hydrogen-bond acceptors (Lipinski definition) is 9. The largest absolute Gasteiger partial charge is 0.394 e. The molecule has 3 N–H and O–H groups in total. The van der Waals surface area contributed by atoms with Crippen LogP contribution in [-0.2, 0) is 22.5 Å². The molecule has 7 rings (SSSR count). The molecule has 1 aliphatic carbocycles. The summed E-state index contributed by atoms with van der Waals surface area (Å²) in [6, 6.07) is 17.5. The third kappa shape index (κ3) is 4.41. The van der Waals surface area contributed by atoms with E-state index in [1.165, 1.54) is 9.36 Å². The summed E-state index contributed by atoms with van der Waals surface area (Å²) in [6.07, 6.45) is 0.340. The zero-order valence-corrected chi connectivity index (χ0v) is 22.9. The van der Waals surface area contributed by atoms with Crippen LogP contribution in [0.15, 0.2) is 87.7 Å². The van der Waals surface area contributed by atoms with E-state index < -0.39 is 41.8 Å². The highest BCUT2D eigenvalue weighted by Gasteiger charge is 2.57. The van der Waals surface area contributed by atoms with Crippen molar-refractivity contribution in [3.63, 3.8) is 0 Å². The van der Waals surface area contributed by atoms with E-state index >= 15 is 0 Å². The molecule has 218 valence electrons. The van der Waals surface area contributed by atoms with Crippen LogP contribution < -0.4 is 16.9 Å². The van der Waals surface area contributed by atoms with Crippen LogP contribution in [0, 0.1) is 0 Å². The number of rotatable bonds is 9. The van der Waals surface area contributed by atoms with Crippen molar-refractivity contribution in [1.82, 2.24) is 34.4 Å². The van der Waals surface area contributed by atoms with Gasteiger partial charge in [-0.15, -0.1) is 5.10 Å². The predicted molar refractivity (Wildman–Crippen MR) is 149 cm³/mol. The highest BCUT2D eigenvalue weighted by atomic mass is 16.7. The number of nitrogens with zero attached hydrogens (tertiary/aromatic N) is 6. The number of aliphatic hydroxyl groups excluding tert-OH is 2. The Labute approximate surface area is 239 Å². The van der Waals surface area contributed by atoms with Crippen molar-refractivity contribution >= 4 is 0 Å². The summed E-state index contributed by atoms with van der Waals surface area (Å²) in [6.45, 7) is 1.99. The average Bonchev–Trinajstić information content (AvgIpc) is 3.59. The van der Waals surface area contributed by atoms with Crippen molar-refractivity contribution in [3.05, 3.63) is 110 Å². The number of para-hydroxylation sites is 1. The Hall–Kier alpha value is -4.30. The maximum Gasteiger partial charge on any atom is 0.352 e. The van der Waals surface area contributed by atoms with Gasteiger partial charge in [-0.05, 0) is 43.0 Å². The van der Waals surface area contributed by atoms with Gasteiger partial charge in [0.15, 0.2) is 0 Å². The normalized spacial score (nSPS) is 24.0. The van der Waals surface area contributed by atoms with E-state index in [1.807, 2.05) is 43.3 Å². The van der Waals surface area contributed by atoms with Gasteiger partial charge >= 0.3 is 11.4 Å². The predicted octanol–water partition coefficient (Wildman–Crippen LogP) is 0.792. The topological polar surface area (TPSA) is 154 Å². The Morgan fingerprint density at radius 3 is 2.57 bits per heavy atom. The number of ether oxygens (including phenoxy) is 1. The van der Waals surface area contributed by atoms with Crippen LogP contribution >= 0.6 is 0 Å². The maximum absolute atomic E-state index is 13.6. The van der Waals surface area contributed by atoms with Gasteiger partial charge < -0.3 is 14.9 Å². The van der Waals surface area contributed by atoms with E-state index in [0.717, 1.165) is 15.7 Å². The maximum atomic E-state index is 13.6. The molecule has 13 heteroatoms. The van der Waals surface area contributed by atoms with Crippen LogP contribution in [0.5, 0.6) is 0 Å². The first kappa shape index (κ1) is 26.6. The summed E-state index contributed by atoms with van der Waals surface area (Å²) >= 11 is 0. The van der Waals surface area contributed by atoms with Gasteiger partial charge in [-0.3, -0.25) is 10.3 Å². The molecule has 3 aliphatic rings. The molecule has 2 aliphatic heterocycles. The molecule has 13 nitrogen and oxygen atoms in total. The van der Waals surface area contributed by atoms with Gasteiger partial charge in [0.25, 0.3) is 0 Å². The van der Waals surface area contributed by atoms with Crippen LogP contribution in [0.4, 0.5) is 0 Å². The SMILES string of the molecule is C[C@H](ONC1=C2CCn3c(=O)n(-c4ccccc4)c(=O)n3[C@H]2[C@H](O)[C@@H]2O[C@H]12)c1cn([C@H](CO)Cc2ccccc2)nn1. The number of benzene rings is 2. The lowest BCUT2D eigenvalue weighted by Gasteiger charge is -2.35. The van der Waals surface area contributed by atoms with E-state index in [2.05, 4.69) is 15.8 Å². The molecule has 4 heterocycles. The van der Waals surface area contributed by atoms with Gasteiger partial charge in [0, 0.05) is 6.54 Å². The zero-order chi connectivity index (χ0) is 29.0. The zero-order valence-electron chi connectivity index (χ0n) is 22.9. The number of hydrogen-bond donors (Lipinski definition) is 3. The standard InChI is InChI=1S/C29H31N7O6/c1-17(22-15-33(32-30-22)20(16-37)14-18-8-4-2-5-9-18)42-31-23-21-12-13-34-28(39)35(19-10-6-3-7-11-19)29(40)36(34)24(21)25(38)27-26(23)41-27/h2-11,15,17,20,24-27,31,37-38H,12-14,16H2,1H3/t17-,20-,24+,25-,26+,27-/m0/s1. The van der Waals surface area contributed by atoms with Crippen molar-refractivity contribution in [1.29, 1.82) is 0 Å². The van der Waals surface area contributed by atoms with Crippen LogP contribution in [0.2, 0.25) is 0 Å². The molecule has 0 bridgehead atoms. The van der Waals surface area contributed by atoms with Gasteiger partial charge in [0.1, 0.15) is 36.2 Å². The Morgan fingerprint density at radius 1 is 1.10 bits per heavy atom. The van der Waals surface area contributed by atoms with Crippen molar-refractivity contribution in [2.24, 2.45) is 0 Å². The fraction of sp³-hybridized carbons (Fsp3) is 0.379. The van der Waals surface area contributed by atoms with Gasteiger partial charge in [-0.25, -0.2) is 28.2 Å². The summed E-state index contributed by atoms with van der Waals surface area (Å²) < 4.78 is 11.3. The average molecular weight is 574 g/mol. The lowest BCUT2D eigenvalue weighted by Crippen LogP contribution is -2.47. The second-order valence-electron chi connectivity index (χ2n) is 10.9. The van der Waals surface area contributed by atoms with Gasteiger partial charge in [-0.1, -0.05) is 53.7 Å². The molecule has 1 saturated heterocycles. The first-order valence-corrected chi connectivity index (χ1v) is 14.0. The lowest BCUT2D eigenvalue weighted by molar-refractivity contribution is -0.00714. The first-order valence-electron chi connectivity index (χ1n) is 14.0. The summed E-state index contributed by atoms with van der Waals surface area (Å²) in [5.41, 5.74) is 5.57. The summed E-state index contributed by atoms with van der Waals surface area (Å²) in [5.74, 6) is 0. The number of fused-ring (bicyclic) bond motifs is 4. The van der Waals surface area contributed by atoms with E-state index in [0.29, 0.717) is 29.9 Å². The highest BCUT2D eigenvalue weighted by Crippen LogP contribution is 2.46. The van der Waals surface area contributed by atoms with Crippen molar-refractivity contribution in [2.45, 2.75) is 62.8 Å². The molecule has 4 aromatic rings. The smallest absolute Gasteiger partial charge is 0.352 e. The monoisotopic (exact) mass is 573 g/mol. The first-order chi connectivity index (χ1) is 20.5. The summed E-state index contributed by atoms with van der Waals surface area (Å²) in [4.78, 5) is 32.8. The van der Waals surface area contributed by atoms with E-state index in [4.69, 9.17) is 9.57 Å². The Balaban J connectivity index is 1.13. The quantitative estimate of drug-likeness (QED) is 0.195. The molecular formula is C29H31N7O6.